The molecule has 0 saturated heterocycles. The number of benzene rings is 5. The molecule has 7 heteroatoms. The van der Waals surface area contributed by atoms with Crippen LogP contribution in [-0.2, 0) is 21.1 Å². The van der Waals surface area contributed by atoms with Crippen molar-refractivity contribution in [3.05, 3.63) is 149 Å². The summed E-state index contributed by atoms with van der Waals surface area (Å²) in [7, 11) is 0. The molecule has 9 rings (SSSR count). The zero-order valence-electron chi connectivity index (χ0n) is 29.3. The molecule has 0 spiro atoms. The molecule has 0 fully saturated rings. The van der Waals surface area contributed by atoms with Crippen molar-refractivity contribution in [1.29, 1.82) is 0 Å². The van der Waals surface area contributed by atoms with Crippen molar-refractivity contribution in [2.45, 2.75) is 41.5 Å². The van der Waals surface area contributed by atoms with E-state index in [0.717, 1.165) is 55.9 Å². The Morgan fingerprint density at radius 2 is 1.35 bits per heavy atom. The van der Waals surface area contributed by atoms with Crippen LogP contribution in [-0.4, -0.2) is 23.9 Å². The predicted octanol–water partition coefficient (Wildman–Crippen LogP) is 10.7. The van der Waals surface area contributed by atoms with Crippen molar-refractivity contribution in [2.75, 3.05) is 0 Å². The molecular formula is C44H35N5OPt. The number of nitrogens with zero attached hydrogens (tertiary/aromatic N) is 5. The number of pyridine rings is 1. The van der Waals surface area contributed by atoms with Gasteiger partial charge in [-0.25, -0.2) is 4.98 Å². The van der Waals surface area contributed by atoms with Crippen LogP contribution in [0.3, 0.4) is 0 Å². The van der Waals surface area contributed by atoms with Crippen LogP contribution in [0, 0.1) is 53.7 Å². The first-order valence-corrected chi connectivity index (χ1v) is 16.9. The van der Waals surface area contributed by atoms with Gasteiger partial charge in [-0.2, -0.15) is 16.7 Å². The van der Waals surface area contributed by atoms with Gasteiger partial charge in [-0.05, 0) is 75.0 Å². The molecule has 0 aliphatic heterocycles. The van der Waals surface area contributed by atoms with Gasteiger partial charge in [0.05, 0.1) is 22.4 Å². The number of aromatic nitrogens is 5. The van der Waals surface area contributed by atoms with E-state index in [-0.39, 0.29) is 21.1 Å². The summed E-state index contributed by atoms with van der Waals surface area (Å²) in [6.45, 7) is 12.6. The third kappa shape index (κ3) is 5.37. The standard InChI is InChI=1S/C44H35N5O.Pt/c1-26-13-16-40-39(21-26)36-15-14-34(50-35-20-27(2)19-33(23-35)49-31(6)22-30(5)46-49)25-41(36)48(40)42-24-32(17-18-45-42)47-43-28(3)9-7-11-37(43)38-12-8-10-29(4)44(38)47;/h7-22,24H,1-6H3;/q-2;+2. The molecule has 0 amide bonds. The monoisotopic (exact) mass is 844 g/mol. The number of ether oxygens (including phenoxy) is 1. The maximum Gasteiger partial charge on any atom is 2.00 e. The van der Waals surface area contributed by atoms with Gasteiger partial charge in [0.1, 0.15) is 5.82 Å². The van der Waals surface area contributed by atoms with E-state index in [4.69, 9.17) is 9.72 Å². The van der Waals surface area contributed by atoms with Gasteiger partial charge in [0.25, 0.3) is 0 Å². The van der Waals surface area contributed by atoms with Crippen LogP contribution in [0.5, 0.6) is 11.5 Å². The summed E-state index contributed by atoms with van der Waals surface area (Å²) >= 11 is 0. The third-order valence-electron chi connectivity index (χ3n) is 9.67. The Morgan fingerprint density at radius 3 is 2.06 bits per heavy atom. The minimum Gasteiger partial charge on any atom is -0.509 e. The first-order chi connectivity index (χ1) is 24.2. The fourth-order valence-corrected chi connectivity index (χ4v) is 7.54. The maximum atomic E-state index is 6.50. The van der Waals surface area contributed by atoms with E-state index in [2.05, 4.69) is 139 Å². The molecule has 0 aliphatic rings. The Hall–Kier alpha value is -5.45. The van der Waals surface area contributed by atoms with Crippen molar-refractivity contribution in [3.63, 3.8) is 0 Å². The summed E-state index contributed by atoms with van der Waals surface area (Å²) in [6.07, 6.45) is 1.91. The normalized spacial score (nSPS) is 11.6. The second kappa shape index (κ2) is 12.4. The molecule has 0 atom stereocenters. The second-order valence-electron chi connectivity index (χ2n) is 13.4. The molecule has 9 aromatic rings. The molecule has 0 N–H and O–H groups in total. The van der Waals surface area contributed by atoms with Crippen LogP contribution < -0.4 is 4.74 Å². The van der Waals surface area contributed by atoms with Crippen LogP contribution in [0.25, 0.3) is 60.8 Å². The minimum absolute atomic E-state index is 0. The molecule has 0 unspecified atom stereocenters. The van der Waals surface area contributed by atoms with E-state index >= 15 is 0 Å². The number of rotatable bonds is 5. The molecule has 252 valence electrons. The predicted molar refractivity (Wildman–Crippen MR) is 203 cm³/mol. The first kappa shape index (κ1) is 32.7. The molecule has 0 bridgehead atoms. The number of hydrogen-bond donors (Lipinski definition) is 0. The molecular weight excluding hydrogens is 810 g/mol. The maximum absolute atomic E-state index is 6.50. The van der Waals surface area contributed by atoms with E-state index in [1.807, 2.05) is 36.9 Å². The van der Waals surface area contributed by atoms with Gasteiger partial charge < -0.3 is 13.9 Å². The number of para-hydroxylation sites is 2. The van der Waals surface area contributed by atoms with Crippen molar-refractivity contribution in [2.24, 2.45) is 0 Å². The van der Waals surface area contributed by atoms with Crippen LogP contribution in [0.4, 0.5) is 0 Å². The third-order valence-corrected chi connectivity index (χ3v) is 9.67. The van der Waals surface area contributed by atoms with Crippen molar-refractivity contribution in [1.82, 2.24) is 23.9 Å². The SMILES string of the molecule is Cc1cc(Oc2[c-]c3c(cc2)c2cc(C)ccc2n3-c2cc(-n3c4c(C)cccc4c4cccc(C)c43)ccn2)[c-]c(-n2nc(C)cc2C)c1.[Pt+2]. The summed E-state index contributed by atoms with van der Waals surface area (Å²) in [6, 6.07) is 41.3. The molecule has 0 radical (unpaired) electrons. The Kier molecular flexibility index (Phi) is 7.96. The van der Waals surface area contributed by atoms with E-state index in [1.54, 1.807) is 0 Å². The van der Waals surface area contributed by atoms with Gasteiger partial charge in [0.15, 0.2) is 0 Å². The van der Waals surface area contributed by atoms with E-state index in [9.17, 15) is 0 Å². The number of hydrogen-bond acceptors (Lipinski definition) is 3. The zero-order chi connectivity index (χ0) is 34.3. The second-order valence-corrected chi connectivity index (χ2v) is 13.4. The fraction of sp³-hybridized carbons (Fsp3) is 0.136. The average molecular weight is 845 g/mol. The summed E-state index contributed by atoms with van der Waals surface area (Å²) in [5, 5.41) is 9.40. The van der Waals surface area contributed by atoms with Crippen molar-refractivity contribution < 1.29 is 25.8 Å². The van der Waals surface area contributed by atoms with Gasteiger partial charge in [0, 0.05) is 45.7 Å². The first-order valence-electron chi connectivity index (χ1n) is 16.9. The topological polar surface area (TPSA) is 49.8 Å². The Labute approximate surface area is 311 Å². The van der Waals surface area contributed by atoms with Crippen LogP contribution in [0.2, 0.25) is 0 Å². The van der Waals surface area contributed by atoms with Gasteiger partial charge in [0.2, 0.25) is 0 Å². The van der Waals surface area contributed by atoms with Gasteiger partial charge >= 0.3 is 21.1 Å². The molecule has 5 aromatic carbocycles. The number of aryl methyl sites for hydroxylation is 6. The van der Waals surface area contributed by atoms with E-state index < -0.39 is 0 Å². The summed E-state index contributed by atoms with van der Waals surface area (Å²) < 4.78 is 13.0. The fourth-order valence-electron chi connectivity index (χ4n) is 7.54. The van der Waals surface area contributed by atoms with Crippen LogP contribution >= 0.6 is 0 Å². The largest absolute Gasteiger partial charge is 2.00 e. The quantitative estimate of drug-likeness (QED) is 0.162. The van der Waals surface area contributed by atoms with E-state index in [0.29, 0.717) is 11.5 Å². The Bertz CT molecular complexity index is 2760. The molecule has 0 saturated carbocycles. The Balaban J connectivity index is 0.00000374. The van der Waals surface area contributed by atoms with Gasteiger partial charge in [-0.3, -0.25) is 4.68 Å². The molecule has 6 nitrogen and oxygen atoms in total. The minimum atomic E-state index is 0. The summed E-state index contributed by atoms with van der Waals surface area (Å²) in [5.41, 5.74) is 13.0. The van der Waals surface area contributed by atoms with Crippen molar-refractivity contribution >= 4 is 43.6 Å². The molecule has 4 heterocycles. The van der Waals surface area contributed by atoms with Gasteiger partial charge in [-0.15, -0.1) is 35.7 Å². The summed E-state index contributed by atoms with van der Waals surface area (Å²) in [5.74, 6) is 2.02. The smallest absolute Gasteiger partial charge is 0.509 e. The van der Waals surface area contributed by atoms with Crippen LogP contribution in [0.1, 0.15) is 33.6 Å². The van der Waals surface area contributed by atoms with Gasteiger partial charge in [-0.1, -0.05) is 66.5 Å². The van der Waals surface area contributed by atoms with Crippen LogP contribution in [0.15, 0.2) is 103 Å². The van der Waals surface area contributed by atoms with E-state index in [1.165, 1.54) is 38.5 Å². The summed E-state index contributed by atoms with van der Waals surface area (Å²) in [4.78, 5) is 4.97. The Morgan fingerprint density at radius 1 is 0.608 bits per heavy atom. The molecule has 51 heavy (non-hydrogen) atoms. The molecule has 4 aromatic heterocycles. The van der Waals surface area contributed by atoms with Crippen molar-refractivity contribution in [3.8, 4) is 28.7 Å². The average Bonchev–Trinajstić information content (AvgIpc) is 3.73. The zero-order valence-corrected chi connectivity index (χ0v) is 31.5. The molecule has 0 aliphatic carbocycles. The number of fused-ring (bicyclic) bond motifs is 6.